The molecule has 0 radical (unpaired) electrons. The van der Waals surface area contributed by atoms with Crippen LogP contribution >= 0.6 is 0 Å². The van der Waals surface area contributed by atoms with Gasteiger partial charge in [-0.15, -0.1) is 0 Å². The number of ether oxygens (including phenoxy) is 1. The zero-order valence-electron chi connectivity index (χ0n) is 12.2. The fourth-order valence-electron chi connectivity index (χ4n) is 1.85. The van der Waals surface area contributed by atoms with Crippen molar-refractivity contribution in [3.8, 4) is 11.6 Å². The molecule has 6 nitrogen and oxygen atoms in total. The summed E-state index contributed by atoms with van der Waals surface area (Å²) in [7, 11) is 0. The van der Waals surface area contributed by atoms with E-state index >= 15 is 0 Å². The van der Waals surface area contributed by atoms with Gasteiger partial charge in [0, 0.05) is 6.54 Å². The summed E-state index contributed by atoms with van der Waals surface area (Å²) in [5, 5.41) is 13.9. The number of pyridine rings is 1. The molecule has 110 valence electrons. The number of anilines is 1. The summed E-state index contributed by atoms with van der Waals surface area (Å²) in [5.41, 5.74) is 1.94. The van der Waals surface area contributed by atoms with E-state index in [1.165, 1.54) is 12.1 Å². The molecule has 0 atom stereocenters. The lowest BCUT2D eigenvalue weighted by atomic mass is 10.1. The van der Waals surface area contributed by atoms with Crippen LogP contribution in [-0.4, -0.2) is 16.5 Å². The first-order chi connectivity index (χ1) is 9.99. The Bertz CT molecular complexity index is 671. The third-order valence-corrected chi connectivity index (χ3v) is 2.91. The molecule has 6 heteroatoms. The molecular weight excluding hydrogens is 270 g/mol. The first kappa shape index (κ1) is 14.8. The summed E-state index contributed by atoms with van der Waals surface area (Å²) in [6.45, 7) is 6.39. The first-order valence-electron chi connectivity index (χ1n) is 6.65. The fourth-order valence-corrected chi connectivity index (χ4v) is 1.85. The topological polar surface area (TPSA) is 77.3 Å². The van der Waals surface area contributed by atoms with Crippen molar-refractivity contribution in [1.82, 2.24) is 4.98 Å². The van der Waals surface area contributed by atoms with Crippen LogP contribution in [0.25, 0.3) is 0 Å². The van der Waals surface area contributed by atoms with Gasteiger partial charge in [-0.1, -0.05) is 12.1 Å². The molecule has 0 saturated heterocycles. The van der Waals surface area contributed by atoms with Crippen molar-refractivity contribution >= 4 is 11.5 Å². The van der Waals surface area contributed by atoms with Gasteiger partial charge in [0.2, 0.25) is 5.88 Å². The molecule has 2 rings (SSSR count). The number of aromatic nitrogens is 1. The lowest BCUT2D eigenvalue weighted by Crippen LogP contribution is -2.02. The molecule has 1 heterocycles. The maximum absolute atomic E-state index is 11.0. The number of rotatable bonds is 5. The highest BCUT2D eigenvalue weighted by atomic mass is 16.6. The van der Waals surface area contributed by atoms with Crippen molar-refractivity contribution < 1.29 is 9.66 Å². The lowest BCUT2D eigenvalue weighted by Gasteiger charge is -2.10. The Morgan fingerprint density at radius 2 is 2.05 bits per heavy atom. The van der Waals surface area contributed by atoms with E-state index < -0.39 is 4.92 Å². The van der Waals surface area contributed by atoms with Crippen molar-refractivity contribution in [3.63, 3.8) is 0 Å². The zero-order chi connectivity index (χ0) is 15.4. The van der Waals surface area contributed by atoms with E-state index in [0.717, 1.165) is 11.1 Å². The van der Waals surface area contributed by atoms with Crippen molar-refractivity contribution in [3.05, 3.63) is 51.6 Å². The molecule has 2 aromatic rings. The number of hydrogen-bond acceptors (Lipinski definition) is 5. The van der Waals surface area contributed by atoms with E-state index in [4.69, 9.17) is 4.74 Å². The SMILES string of the molecule is CCNc1cc([N+](=O)[O-])cc(Oc2cc(C)ccc2C)n1. The fraction of sp³-hybridized carbons (Fsp3) is 0.267. The molecule has 0 aliphatic heterocycles. The summed E-state index contributed by atoms with van der Waals surface area (Å²) in [6.07, 6.45) is 0. The minimum Gasteiger partial charge on any atom is -0.438 e. The highest BCUT2D eigenvalue weighted by molar-refractivity contribution is 5.49. The van der Waals surface area contributed by atoms with Gasteiger partial charge in [-0.05, 0) is 38.0 Å². The van der Waals surface area contributed by atoms with Gasteiger partial charge >= 0.3 is 0 Å². The third-order valence-electron chi connectivity index (χ3n) is 2.91. The zero-order valence-corrected chi connectivity index (χ0v) is 12.2. The number of nitrogens with zero attached hydrogens (tertiary/aromatic N) is 2. The molecule has 0 unspecified atom stereocenters. The molecule has 1 aromatic heterocycles. The number of aryl methyl sites for hydroxylation is 2. The van der Waals surface area contributed by atoms with E-state index in [1.807, 2.05) is 39.0 Å². The quantitative estimate of drug-likeness (QED) is 0.668. The Morgan fingerprint density at radius 1 is 1.29 bits per heavy atom. The molecule has 21 heavy (non-hydrogen) atoms. The summed E-state index contributed by atoms with van der Waals surface area (Å²) >= 11 is 0. The number of benzene rings is 1. The molecule has 1 N–H and O–H groups in total. The van der Waals surface area contributed by atoms with E-state index in [1.54, 1.807) is 0 Å². The standard InChI is InChI=1S/C15H17N3O3/c1-4-16-14-8-12(18(19)20)9-15(17-14)21-13-7-10(2)5-6-11(13)3/h5-9H,4H2,1-3H3,(H,16,17). The van der Waals surface area contributed by atoms with Crippen LogP contribution in [0, 0.1) is 24.0 Å². The maximum Gasteiger partial charge on any atom is 0.278 e. The van der Waals surface area contributed by atoms with Crippen molar-refractivity contribution in [1.29, 1.82) is 0 Å². The third kappa shape index (κ3) is 3.68. The molecule has 1 aromatic carbocycles. The van der Waals surface area contributed by atoms with E-state index in [0.29, 0.717) is 18.1 Å². The highest BCUT2D eigenvalue weighted by Gasteiger charge is 2.13. The van der Waals surface area contributed by atoms with E-state index in [2.05, 4.69) is 10.3 Å². The Kier molecular flexibility index (Phi) is 4.37. The van der Waals surface area contributed by atoms with Crippen LogP contribution in [0.4, 0.5) is 11.5 Å². The smallest absolute Gasteiger partial charge is 0.278 e. The van der Waals surface area contributed by atoms with E-state index in [9.17, 15) is 10.1 Å². The summed E-state index contributed by atoms with van der Waals surface area (Å²) in [6, 6.07) is 8.51. The average molecular weight is 287 g/mol. The second kappa shape index (κ2) is 6.21. The Morgan fingerprint density at radius 3 is 2.71 bits per heavy atom. The van der Waals surface area contributed by atoms with Crippen LogP contribution in [0.1, 0.15) is 18.1 Å². The Labute approximate surface area is 122 Å². The van der Waals surface area contributed by atoms with Crippen LogP contribution in [0.2, 0.25) is 0 Å². The van der Waals surface area contributed by atoms with Gasteiger partial charge in [0.25, 0.3) is 5.69 Å². The molecular formula is C15H17N3O3. The maximum atomic E-state index is 11.0. The van der Waals surface area contributed by atoms with Crippen LogP contribution < -0.4 is 10.1 Å². The predicted molar refractivity (Wildman–Crippen MR) is 81.0 cm³/mol. The van der Waals surface area contributed by atoms with Crippen LogP contribution in [0.5, 0.6) is 11.6 Å². The van der Waals surface area contributed by atoms with Gasteiger partial charge in [0.1, 0.15) is 11.6 Å². The van der Waals surface area contributed by atoms with Gasteiger partial charge < -0.3 is 10.1 Å². The van der Waals surface area contributed by atoms with Crippen LogP contribution in [0.15, 0.2) is 30.3 Å². The highest BCUT2D eigenvalue weighted by Crippen LogP contribution is 2.28. The summed E-state index contributed by atoms with van der Waals surface area (Å²) in [4.78, 5) is 14.8. The second-order valence-electron chi connectivity index (χ2n) is 4.71. The van der Waals surface area contributed by atoms with Crippen molar-refractivity contribution in [2.75, 3.05) is 11.9 Å². The average Bonchev–Trinajstić information content (AvgIpc) is 2.43. The summed E-state index contributed by atoms with van der Waals surface area (Å²) in [5.74, 6) is 1.27. The van der Waals surface area contributed by atoms with Gasteiger partial charge in [-0.25, -0.2) is 0 Å². The van der Waals surface area contributed by atoms with E-state index in [-0.39, 0.29) is 11.6 Å². The Balaban J connectivity index is 2.38. The number of nitro groups is 1. The minimum absolute atomic E-state index is 0.0544. The van der Waals surface area contributed by atoms with Crippen molar-refractivity contribution in [2.45, 2.75) is 20.8 Å². The largest absolute Gasteiger partial charge is 0.438 e. The summed E-state index contributed by atoms with van der Waals surface area (Å²) < 4.78 is 5.71. The Hall–Kier alpha value is -2.63. The molecule has 0 aliphatic rings. The van der Waals surface area contributed by atoms with Crippen molar-refractivity contribution in [2.24, 2.45) is 0 Å². The normalized spacial score (nSPS) is 10.2. The van der Waals surface area contributed by atoms with Crippen LogP contribution in [0.3, 0.4) is 0 Å². The number of hydrogen-bond donors (Lipinski definition) is 1. The molecule has 0 saturated carbocycles. The minimum atomic E-state index is -0.460. The molecule has 0 amide bonds. The monoisotopic (exact) mass is 287 g/mol. The van der Waals surface area contributed by atoms with Gasteiger partial charge in [0.15, 0.2) is 0 Å². The molecule has 0 aliphatic carbocycles. The lowest BCUT2D eigenvalue weighted by molar-refractivity contribution is -0.384. The molecule has 0 spiro atoms. The van der Waals surface area contributed by atoms with Gasteiger partial charge in [-0.2, -0.15) is 4.98 Å². The van der Waals surface area contributed by atoms with Gasteiger partial charge in [0.05, 0.1) is 17.1 Å². The molecule has 0 bridgehead atoms. The van der Waals surface area contributed by atoms with Gasteiger partial charge in [-0.3, -0.25) is 10.1 Å². The first-order valence-corrected chi connectivity index (χ1v) is 6.65. The predicted octanol–water partition coefficient (Wildman–Crippen LogP) is 3.83. The molecule has 0 fully saturated rings. The number of nitrogens with one attached hydrogen (secondary N) is 1. The second-order valence-corrected chi connectivity index (χ2v) is 4.71. The van der Waals surface area contributed by atoms with Crippen LogP contribution in [-0.2, 0) is 0 Å².